The summed E-state index contributed by atoms with van der Waals surface area (Å²) in [6.07, 6.45) is 0.716. The maximum atomic E-state index is 10.7. The van der Waals surface area contributed by atoms with Crippen LogP contribution in [0.15, 0.2) is 0 Å². The number of alkyl halides is 1. The summed E-state index contributed by atoms with van der Waals surface area (Å²) in [5, 5.41) is 2.91. The number of hydrogen-bond donors (Lipinski definition) is 1. The summed E-state index contributed by atoms with van der Waals surface area (Å²) in [5.41, 5.74) is 0. The van der Waals surface area contributed by atoms with Crippen molar-refractivity contribution in [3.05, 3.63) is 0 Å². The monoisotopic (exact) mass is 239 g/mol. The Balaban J connectivity index is 2.47. The Hall–Kier alpha value is 0.200. The van der Waals surface area contributed by atoms with E-state index in [4.69, 9.17) is 0 Å². The molecule has 0 aromatic rings. The molecule has 1 amide bonds. The third-order valence-electron chi connectivity index (χ3n) is 1.71. The molecule has 9 heavy (non-hydrogen) atoms. The van der Waals surface area contributed by atoms with Gasteiger partial charge >= 0.3 is 0 Å². The van der Waals surface area contributed by atoms with Crippen molar-refractivity contribution in [1.82, 2.24) is 5.32 Å². The molecule has 1 heterocycles. The summed E-state index contributed by atoms with van der Waals surface area (Å²) < 4.78 is 1.03. The molecule has 0 radical (unpaired) electrons. The van der Waals surface area contributed by atoms with E-state index < -0.39 is 0 Å². The first kappa shape index (κ1) is 7.31. The van der Waals surface area contributed by atoms with Gasteiger partial charge in [-0.05, 0) is 5.92 Å². The van der Waals surface area contributed by atoms with Crippen LogP contribution in [0.4, 0.5) is 0 Å². The summed E-state index contributed by atoms with van der Waals surface area (Å²) in [4.78, 5) is 10.7. The van der Waals surface area contributed by atoms with E-state index in [1.54, 1.807) is 0 Å². The van der Waals surface area contributed by atoms with Crippen LogP contribution >= 0.6 is 22.6 Å². The number of hydrogen-bond acceptors (Lipinski definition) is 1. The fourth-order valence-electron chi connectivity index (χ4n) is 1.03. The van der Waals surface area contributed by atoms with E-state index in [1.807, 2.05) is 0 Å². The number of carbonyl (C=O) groups is 1. The predicted octanol–water partition coefficient (Wildman–Crippen LogP) is 0.946. The number of carbonyl (C=O) groups excluding carboxylic acids is 1. The van der Waals surface area contributed by atoms with E-state index in [1.165, 1.54) is 0 Å². The molecule has 0 unspecified atom stereocenters. The summed E-state index contributed by atoms with van der Waals surface area (Å²) in [5.74, 6) is 0.749. The van der Waals surface area contributed by atoms with Crippen LogP contribution in [0.2, 0.25) is 0 Å². The topological polar surface area (TPSA) is 29.1 Å². The van der Waals surface area contributed by atoms with Crippen LogP contribution in [0.5, 0.6) is 0 Å². The highest BCUT2D eigenvalue weighted by molar-refractivity contribution is 14.1. The number of amides is 1. The van der Waals surface area contributed by atoms with E-state index in [0.717, 1.165) is 4.43 Å². The molecule has 2 nitrogen and oxygen atoms in total. The van der Waals surface area contributed by atoms with Gasteiger partial charge in [-0.3, -0.25) is 4.79 Å². The van der Waals surface area contributed by atoms with Crippen LogP contribution in [0, 0.1) is 5.92 Å². The summed E-state index contributed by atoms with van der Waals surface area (Å²) in [6, 6.07) is 0.429. The Bertz CT molecular complexity index is 126. The van der Waals surface area contributed by atoms with Crippen molar-refractivity contribution < 1.29 is 4.79 Å². The number of nitrogens with one attached hydrogen (secondary N) is 1. The standard InChI is InChI=1S/C6H10INO/c1-4-2-6(9)8-5(4)3-7/h4-5H,2-3H2,1H3,(H,8,9)/t4-,5-/m0/s1. The molecule has 1 saturated heterocycles. The molecule has 1 rings (SSSR count). The highest BCUT2D eigenvalue weighted by Gasteiger charge is 2.27. The molecule has 3 heteroatoms. The van der Waals surface area contributed by atoms with Gasteiger partial charge in [0.1, 0.15) is 0 Å². The van der Waals surface area contributed by atoms with E-state index in [9.17, 15) is 4.79 Å². The summed E-state index contributed by atoms with van der Waals surface area (Å²) >= 11 is 2.30. The van der Waals surface area contributed by atoms with Gasteiger partial charge in [0.15, 0.2) is 0 Å². The quantitative estimate of drug-likeness (QED) is 0.535. The lowest BCUT2D eigenvalue weighted by atomic mass is 10.1. The van der Waals surface area contributed by atoms with Gasteiger partial charge < -0.3 is 5.32 Å². The van der Waals surface area contributed by atoms with Gasteiger partial charge in [0.2, 0.25) is 5.91 Å². The second-order valence-corrected chi connectivity index (χ2v) is 3.39. The lowest BCUT2D eigenvalue weighted by molar-refractivity contribution is -0.119. The minimum Gasteiger partial charge on any atom is -0.352 e. The highest BCUT2D eigenvalue weighted by Crippen LogP contribution is 2.16. The maximum Gasteiger partial charge on any atom is 0.220 e. The van der Waals surface area contributed by atoms with Crippen LogP contribution in [-0.2, 0) is 4.79 Å². The second kappa shape index (κ2) is 2.86. The van der Waals surface area contributed by atoms with E-state index in [2.05, 4.69) is 34.8 Å². The molecular formula is C6H10INO. The molecule has 2 atom stereocenters. The van der Waals surface area contributed by atoms with Crippen molar-refractivity contribution in [2.45, 2.75) is 19.4 Å². The van der Waals surface area contributed by atoms with E-state index in [-0.39, 0.29) is 5.91 Å². The number of rotatable bonds is 1. The number of halogens is 1. The lowest BCUT2D eigenvalue weighted by Crippen LogP contribution is -2.29. The highest BCUT2D eigenvalue weighted by atomic mass is 127. The molecule has 1 aliphatic heterocycles. The zero-order chi connectivity index (χ0) is 6.85. The molecule has 0 aromatic carbocycles. The van der Waals surface area contributed by atoms with Gasteiger partial charge in [0.25, 0.3) is 0 Å². The molecule has 1 fully saturated rings. The minimum atomic E-state index is 0.212. The smallest absolute Gasteiger partial charge is 0.220 e. The molecule has 0 spiro atoms. The van der Waals surface area contributed by atoms with Gasteiger partial charge in [-0.25, -0.2) is 0 Å². The molecule has 0 aliphatic carbocycles. The SMILES string of the molecule is C[C@H]1CC(=O)N[C@H]1CI. The molecule has 0 aromatic heterocycles. The van der Waals surface area contributed by atoms with Crippen molar-refractivity contribution >= 4 is 28.5 Å². The zero-order valence-corrected chi connectivity index (χ0v) is 7.51. The zero-order valence-electron chi connectivity index (χ0n) is 5.36. The van der Waals surface area contributed by atoms with Crippen molar-refractivity contribution in [3.8, 4) is 0 Å². The first-order valence-corrected chi connectivity index (χ1v) is 4.62. The van der Waals surface area contributed by atoms with Crippen LogP contribution < -0.4 is 5.32 Å². The average molecular weight is 239 g/mol. The van der Waals surface area contributed by atoms with Crippen LogP contribution in [0.1, 0.15) is 13.3 Å². The van der Waals surface area contributed by atoms with Gasteiger partial charge in [-0.1, -0.05) is 29.5 Å². The molecule has 52 valence electrons. The Kier molecular flexibility index (Phi) is 2.32. The van der Waals surface area contributed by atoms with Crippen molar-refractivity contribution in [2.24, 2.45) is 5.92 Å². The largest absolute Gasteiger partial charge is 0.352 e. The first-order chi connectivity index (χ1) is 4.24. The molecule has 0 bridgehead atoms. The van der Waals surface area contributed by atoms with E-state index in [0.29, 0.717) is 18.4 Å². The molecule has 1 aliphatic rings. The van der Waals surface area contributed by atoms with Crippen molar-refractivity contribution in [3.63, 3.8) is 0 Å². The van der Waals surface area contributed by atoms with E-state index >= 15 is 0 Å². The van der Waals surface area contributed by atoms with Crippen molar-refractivity contribution in [1.29, 1.82) is 0 Å². The Morgan fingerprint density at radius 3 is 2.78 bits per heavy atom. The maximum absolute atomic E-state index is 10.7. The summed E-state index contributed by atoms with van der Waals surface area (Å²) in [6.45, 7) is 2.11. The third kappa shape index (κ3) is 1.56. The third-order valence-corrected chi connectivity index (χ3v) is 2.66. The van der Waals surface area contributed by atoms with Gasteiger partial charge in [0, 0.05) is 16.9 Å². The fourth-order valence-corrected chi connectivity index (χ4v) is 2.12. The first-order valence-electron chi connectivity index (χ1n) is 3.09. The van der Waals surface area contributed by atoms with Crippen LogP contribution in [-0.4, -0.2) is 16.4 Å². The molecular weight excluding hydrogens is 229 g/mol. The molecule has 1 N–H and O–H groups in total. The van der Waals surface area contributed by atoms with Crippen LogP contribution in [0.25, 0.3) is 0 Å². The minimum absolute atomic E-state index is 0.212. The Morgan fingerprint density at radius 2 is 2.56 bits per heavy atom. The van der Waals surface area contributed by atoms with Gasteiger partial charge in [0.05, 0.1) is 0 Å². The van der Waals surface area contributed by atoms with Crippen molar-refractivity contribution in [2.75, 3.05) is 4.43 Å². The Morgan fingerprint density at radius 1 is 1.89 bits per heavy atom. The fraction of sp³-hybridized carbons (Fsp3) is 0.833. The van der Waals surface area contributed by atoms with Crippen LogP contribution in [0.3, 0.4) is 0 Å². The average Bonchev–Trinajstić information content (AvgIpc) is 2.10. The van der Waals surface area contributed by atoms with Gasteiger partial charge in [-0.15, -0.1) is 0 Å². The lowest BCUT2D eigenvalue weighted by Gasteiger charge is -2.09. The Labute approximate surface area is 68.5 Å². The normalized spacial score (nSPS) is 34.7. The summed E-state index contributed by atoms with van der Waals surface area (Å²) in [7, 11) is 0. The predicted molar refractivity (Wildman–Crippen MR) is 44.6 cm³/mol. The molecule has 0 saturated carbocycles. The second-order valence-electron chi connectivity index (χ2n) is 2.51. The van der Waals surface area contributed by atoms with Gasteiger partial charge in [-0.2, -0.15) is 0 Å².